The first-order valence-corrected chi connectivity index (χ1v) is 11.9. The van der Waals surface area contributed by atoms with E-state index in [1.165, 1.54) is 75.2 Å². The Bertz CT molecular complexity index is 872. The first-order valence-electron chi connectivity index (χ1n) is 11.9. The summed E-state index contributed by atoms with van der Waals surface area (Å²) in [4.78, 5) is 0. The van der Waals surface area contributed by atoms with Gasteiger partial charge in [-0.2, -0.15) is 0 Å². The van der Waals surface area contributed by atoms with Crippen molar-refractivity contribution < 1.29 is 9.13 Å². The molecule has 2 aliphatic carbocycles. The summed E-state index contributed by atoms with van der Waals surface area (Å²) in [5.74, 6) is 1.82. The number of ether oxygens (including phenoxy) is 1. The van der Waals surface area contributed by atoms with Crippen LogP contribution in [-0.4, -0.2) is 7.11 Å². The number of hydrogen-bond donors (Lipinski definition) is 0. The molecule has 0 radical (unpaired) electrons. The monoisotopic (exact) mass is 406 g/mol. The fourth-order valence-corrected chi connectivity index (χ4v) is 5.35. The topological polar surface area (TPSA) is 9.23 Å². The van der Waals surface area contributed by atoms with Gasteiger partial charge in [0.1, 0.15) is 0 Å². The van der Waals surface area contributed by atoms with Crippen LogP contribution in [0, 0.1) is 11.7 Å². The molecular formula is C28H35FO. The predicted molar refractivity (Wildman–Crippen MR) is 124 cm³/mol. The lowest BCUT2D eigenvalue weighted by molar-refractivity contribution is 0.303. The number of fused-ring (bicyclic) bond motifs is 1. The van der Waals surface area contributed by atoms with Crippen LogP contribution in [0.15, 0.2) is 36.4 Å². The molecule has 1 fully saturated rings. The summed E-state index contributed by atoms with van der Waals surface area (Å²) in [6, 6.07) is 12.9. The summed E-state index contributed by atoms with van der Waals surface area (Å²) in [6.45, 7) is 2.29. The van der Waals surface area contributed by atoms with Crippen molar-refractivity contribution in [1.82, 2.24) is 0 Å². The average molecular weight is 407 g/mol. The lowest BCUT2D eigenvalue weighted by Crippen LogP contribution is -2.13. The summed E-state index contributed by atoms with van der Waals surface area (Å²) < 4.78 is 19.6. The minimum atomic E-state index is -0.203. The van der Waals surface area contributed by atoms with Gasteiger partial charge in [0, 0.05) is 0 Å². The van der Waals surface area contributed by atoms with Gasteiger partial charge in [-0.15, -0.1) is 0 Å². The molecule has 160 valence electrons. The fourth-order valence-electron chi connectivity index (χ4n) is 5.35. The van der Waals surface area contributed by atoms with Gasteiger partial charge in [0.25, 0.3) is 0 Å². The molecule has 0 aromatic heterocycles. The van der Waals surface area contributed by atoms with Crippen molar-refractivity contribution in [2.24, 2.45) is 5.92 Å². The predicted octanol–water partition coefficient (Wildman–Crippen LogP) is 8.18. The van der Waals surface area contributed by atoms with Gasteiger partial charge >= 0.3 is 0 Å². The van der Waals surface area contributed by atoms with Crippen LogP contribution in [0.25, 0.3) is 11.6 Å². The highest BCUT2D eigenvalue weighted by molar-refractivity contribution is 5.84. The quantitative estimate of drug-likeness (QED) is 0.421. The molecule has 0 N–H and O–H groups in total. The van der Waals surface area contributed by atoms with Crippen LogP contribution in [0.2, 0.25) is 0 Å². The van der Waals surface area contributed by atoms with E-state index in [4.69, 9.17) is 4.74 Å². The van der Waals surface area contributed by atoms with Gasteiger partial charge in [0.05, 0.1) is 7.11 Å². The number of unbranched alkanes of at least 4 members (excludes halogenated alkanes) is 2. The molecule has 0 heterocycles. The maximum absolute atomic E-state index is 14.5. The molecule has 1 nitrogen and oxygen atoms in total. The van der Waals surface area contributed by atoms with Gasteiger partial charge in [-0.25, -0.2) is 4.39 Å². The van der Waals surface area contributed by atoms with Gasteiger partial charge in [-0.05, 0) is 84.3 Å². The summed E-state index contributed by atoms with van der Waals surface area (Å²) in [6.07, 6.45) is 14.8. The van der Waals surface area contributed by atoms with Crippen LogP contribution in [-0.2, 0) is 6.42 Å². The van der Waals surface area contributed by atoms with Crippen molar-refractivity contribution >= 4 is 11.6 Å². The number of benzene rings is 2. The Labute approximate surface area is 181 Å². The Balaban J connectivity index is 1.40. The third kappa shape index (κ3) is 4.63. The molecule has 0 aliphatic heterocycles. The highest BCUT2D eigenvalue weighted by atomic mass is 19.1. The van der Waals surface area contributed by atoms with Crippen molar-refractivity contribution in [2.45, 2.75) is 77.0 Å². The molecule has 2 aromatic carbocycles. The summed E-state index contributed by atoms with van der Waals surface area (Å²) in [5, 5.41) is 0. The molecule has 0 bridgehead atoms. The molecule has 2 aliphatic rings. The second-order valence-electron chi connectivity index (χ2n) is 9.15. The van der Waals surface area contributed by atoms with Crippen molar-refractivity contribution in [3.05, 3.63) is 64.5 Å². The van der Waals surface area contributed by atoms with E-state index in [-0.39, 0.29) is 5.82 Å². The lowest BCUT2D eigenvalue weighted by Gasteiger charge is -2.29. The third-order valence-electron chi connectivity index (χ3n) is 7.25. The highest BCUT2D eigenvalue weighted by Gasteiger charge is 2.23. The second kappa shape index (κ2) is 9.81. The highest BCUT2D eigenvalue weighted by Crippen LogP contribution is 2.39. The second-order valence-corrected chi connectivity index (χ2v) is 9.15. The Morgan fingerprint density at radius 1 is 0.933 bits per heavy atom. The Morgan fingerprint density at radius 3 is 2.40 bits per heavy atom. The van der Waals surface area contributed by atoms with Crippen LogP contribution < -0.4 is 4.74 Å². The maximum Gasteiger partial charge on any atom is 0.168 e. The van der Waals surface area contributed by atoms with Crippen molar-refractivity contribution in [3.63, 3.8) is 0 Å². The van der Waals surface area contributed by atoms with Crippen LogP contribution >= 0.6 is 0 Å². The molecular weight excluding hydrogens is 371 g/mol. The molecule has 4 rings (SSSR count). The third-order valence-corrected chi connectivity index (χ3v) is 7.25. The zero-order chi connectivity index (χ0) is 20.9. The van der Waals surface area contributed by atoms with Crippen LogP contribution in [0.1, 0.15) is 92.9 Å². The smallest absolute Gasteiger partial charge is 0.168 e. The van der Waals surface area contributed by atoms with Crippen molar-refractivity contribution in [1.29, 1.82) is 0 Å². The van der Waals surface area contributed by atoms with Gasteiger partial charge in [0.2, 0.25) is 0 Å². The minimum absolute atomic E-state index is 0.203. The number of methoxy groups -OCH3 is 1. The Morgan fingerprint density at radius 2 is 1.70 bits per heavy atom. The molecule has 2 aromatic rings. The van der Waals surface area contributed by atoms with Crippen molar-refractivity contribution in [2.75, 3.05) is 7.11 Å². The Kier molecular flexibility index (Phi) is 6.92. The number of halogens is 1. The van der Waals surface area contributed by atoms with E-state index in [0.29, 0.717) is 5.75 Å². The van der Waals surface area contributed by atoms with E-state index in [1.54, 1.807) is 6.07 Å². The molecule has 2 heteroatoms. The zero-order valence-corrected chi connectivity index (χ0v) is 18.6. The average Bonchev–Trinajstić information content (AvgIpc) is 2.80. The largest absolute Gasteiger partial charge is 0.494 e. The number of rotatable bonds is 7. The normalized spacial score (nSPS) is 21.1. The number of hydrogen-bond acceptors (Lipinski definition) is 1. The van der Waals surface area contributed by atoms with Gasteiger partial charge in [0.15, 0.2) is 11.6 Å². The summed E-state index contributed by atoms with van der Waals surface area (Å²) in [5.41, 5.74) is 5.84. The minimum Gasteiger partial charge on any atom is -0.494 e. The summed E-state index contributed by atoms with van der Waals surface area (Å²) in [7, 11) is 1.52. The molecule has 30 heavy (non-hydrogen) atoms. The molecule has 1 saturated carbocycles. The molecule has 0 unspecified atom stereocenters. The van der Waals surface area contributed by atoms with Gasteiger partial charge in [-0.3, -0.25) is 0 Å². The SMILES string of the molecule is CCCCCC1CCC(c2ccc(C3=Cc4ccc(OC)c(F)c4CC3)cc2)CC1. The zero-order valence-electron chi connectivity index (χ0n) is 18.6. The van der Waals surface area contributed by atoms with Crippen LogP contribution in [0.5, 0.6) is 5.75 Å². The van der Waals surface area contributed by atoms with Crippen LogP contribution in [0.3, 0.4) is 0 Å². The van der Waals surface area contributed by atoms with Gasteiger partial charge < -0.3 is 4.74 Å². The molecule has 0 saturated heterocycles. The maximum atomic E-state index is 14.5. The van der Waals surface area contributed by atoms with E-state index < -0.39 is 0 Å². The fraction of sp³-hybridized carbons (Fsp3) is 0.500. The standard InChI is InChI=1S/C28H35FO/c1-3-4-5-6-20-7-9-21(10-8-20)22-11-13-23(14-12-22)24-15-17-26-25(19-24)16-18-27(30-2)28(26)29/h11-14,16,18-21H,3-10,15,17H2,1-2H3. The Hall–Kier alpha value is -2.09. The van der Waals surface area contributed by atoms with E-state index in [0.717, 1.165) is 35.8 Å². The molecule has 0 spiro atoms. The first kappa shape index (κ1) is 21.2. The van der Waals surface area contributed by atoms with E-state index >= 15 is 0 Å². The first-order chi connectivity index (χ1) is 14.7. The van der Waals surface area contributed by atoms with Crippen molar-refractivity contribution in [3.8, 4) is 5.75 Å². The lowest BCUT2D eigenvalue weighted by atomic mass is 9.76. The summed E-state index contributed by atoms with van der Waals surface area (Å²) >= 11 is 0. The molecule has 0 amide bonds. The van der Waals surface area contributed by atoms with E-state index in [9.17, 15) is 4.39 Å². The van der Waals surface area contributed by atoms with Gasteiger partial charge in [-0.1, -0.05) is 69.0 Å². The van der Waals surface area contributed by atoms with E-state index in [1.807, 2.05) is 6.07 Å². The molecule has 0 atom stereocenters. The number of allylic oxidation sites excluding steroid dienone is 1. The van der Waals surface area contributed by atoms with E-state index in [2.05, 4.69) is 37.3 Å². The van der Waals surface area contributed by atoms with Crippen LogP contribution in [0.4, 0.5) is 4.39 Å².